The quantitative estimate of drug-likeness (QED) is 0.661. The first-order valence-electron chi connectivity index (χ1n) is 9.45. The van der Waals surface area contributed by atoms with E-state index in [2.05, 4.69) is 20.6 Å². The lowest BCUT2D eigenvalue weighted by molar-refractivity contribution is -0.136. The summed E-state index contributed by atoms with van der Waals surface area (Å²) in [5, 5.41) is 4.83. The molecule has 1 fully saturated rings. The number of amides is 4. The number of carbonyl (C=O) groups is 4. The number of nitrogens with one attached hydrogen (secondary N) is 2. The zero-order chi connectivity index (χ0) is 22.1. The lowest BCUT2D eigenvalue weighted by Gasteiger charge is -2.29. The molecule has 11 nitrogen and oxygen atoms in total. The van der Waals surface area contributed by atoms with Crippen molar-refractivity contribution in [3.8, 4) is 11.8 Å². The molecule has 0 spiro atoms. The molecule has 1 unspecified atom stereocenters. The molecular formula is C20H19N5O6. The van der Waals surface area contributed by atoms with Gasteiger partial charge in [0, 0.05) is 24.1 Å². The fourth-order valence-electron chi connectivity index (χ4n) is 3.56. The molecule has 160 valence electrons. The van der Waals surface area contributed by atoms with Crippen molar-refractivity contribution in [1.29, 1.82) is 0 Å². The van der Waals surface area contributed by atoms with Crippen LogP contribution in [0.2, 0.25) is 0 Å². The van der Waals surface area contributed by atoms with Crippen molar-refractivity contribution < 1.29 is 28.7 Å². The number of anilines is 1. The van der Waals surface area contributed by atoms with E-state index < -0.39 is 17.9 Å². The Labute approximate surface area is 176 Å². The average molecular weight is 425 g/mol. The van der Waals surface area contributed by atoms with E-state index in [0.717, 1.165) is 0 Å². The molecule has 2 aromatic rings. The Morgan fingerprint density at radius 2 is 1.84 bits per heavy atom. The average Bonchev–Trinajstić information content (AvgIpc) is 3.09. The fraction of sp³-hybridized carbons (Fsp3) is 0.300. The second kappa shape index (κ2) is 8.01. The maximum atomic E-state index is 12.7. The molecule has 1 aromatic carbocycles. The van der Waals surface area contributed by atoms with E-state index in [1.807, 2.05) is 0 Å². The van der Waals surface area contributed by atoms with Gasteiger partial charge in [0.1, 0.15) is 6.04 Å². The van der Waals surface area contributed by atoms with Crippen LogP contribution in [0.3, 0.4) is 0 Å². The highest BCUT2D eigenvalue weighted by Crippen LogP contribution is 2.28. The van der Waals surface area contributed by atoms with E-state index in [4.69, 9.17) is 9.47 Å². The van der Waals surface area contributed by atoms with Crippen molar-refractivity contribution in [2.45, 2.75) is 25.4 Å². The molecule has 31 heavy (non-hydrogen) atoms. The predicted molar refractivity (Wildman–Crippen MR) is 106 cm³/mol. The number of ether oxygens (including phenoxy) is 2. The van der Waals surface area contributed by atoms with Crippen molar-refractivity contribution >= 4 is 29.6 Å². The Kier molecular flexibility index (Phi) is 5.24. The van der Waals surface area contributed by atoms with Crippen LogP contribution in [0.1, 0.15) is 39.1 Å². The van der Waals surface area contributed by atoms with Gasteiger partial charge in [-0.05, 0) is 30.2 Å². The Balaban J connectivity index is 1.52. The standard InChI is InChI=1S/C20H19N5O6/c1-30-15-8-16(31-2)23-20(22-15)24-17(27)10-3-4-12-11(7-10)9-25(19(12)29)13-5-6-14(26)21-18(13)28/h3-4,7-8,13H,5-6,9H2,1-2H3,(H,21,26,28)(H,22,23,24,27). The van der Waals surface area contributed by atoms with Gasteiger partial charge in [-0.25, -0.2) is 0 Å². The summed E-state index contributed by atoms with van der Waals surface area (Å²) in [6.45, 7) is 0.172. The molecule has 0 radical (unpaired) electrons. The van der Waals surface area contributed by atoms with Crippen molar-refractivity contribution in [1.82, 2.24) is 20.2 Å². The Morgan fingerprint density at radius 1 is 1.13 bits per heavy atom. The number of imide groups is 1. The Bertz CT molecular complexity index is 1080. The third kappa shape index (κ3) is 3.89. The van der Waals surface area contributed by atoms with Crippen LogP contribution >= 0.6 is 0 Å². The maximum absolute atomic E-state index is 12.7. The minimum absolute atomic E-state index is 0.00273. The highest BCUT2D eigenvalue weighted by molar-refractivity contribution is 6.07. The van der Waals surface area contributed by atoms with Gasteiger partial charge in [0.05, 0.1) is 20.3 Å². The molecule has 0 aliphatic carbocycles. The molecule has 1 atom stereocenters. The largest absolute Gasteiger partial charge is 0.481 e. The van der Waals surface area contributed by atoms with Crippen LogP contribution in [0.25, 0.3) is 0 Å². The molecule has 2 aliphatic rings. The first kappa shape index (κ1) is 20.3. The van der Waals surface area contributed by atoms with Gasteiger partial charge in [0.2, 0.25) is 29.5 Å². The third-order valence-electron chi connectivity index (χ3n) is 5.11. The molecule has 2 N–H and O–H groups in total. The van der Waals surface area contributed by atoms with Crippen LogP contribution in [0.5, 0.6) is 11.8 Å². The van der Waals surface area contributed by atoms with Crippen molar-refractivity contribution in [3.63, 3.8) is 0 Å². The predicted octanol–water partition coefficient (Wildman–Crippen LogP) is 0.507. The van der Waals surface area contributed by atoms with Crippen LogP contribution in [0.15, 0.2) is 24.3 Å². The van der Waals surface area contributed by atoms with Crippen LogP contribution in [0, 0.1) is 0 Å². The van der Waals surface area contributed by atoms with Gasteiger partial charge in [-0.15, -0.1) is 0 Å². The van der Waals surface area contributed by atoms with Crippen molar-refractivity contribution in [2.24, 2.45) is 0 Å². The third-order valence-corrected chi connectivity index (χ3v) is 5.11. The van der Waals surface area contributed by atoms with E-state index in [1.54, 1.807) is 12.1 Å². The number of fused-ring (bicyclic) bond motifs is 1. The van der Waals surface area contributed by atoms with Gasteiger partial charge in [-0.1, -0.05) is 0 Å². The summed E-state index contributed by atoms with van der Waals surface area (Å²) in [4.78, 5) is 58.5. The van der Waals surface area contributed by atoms with E-state index >= 15 is 0 Å². The lowest BCUT2D eigenvalue weighted by atomic mass is 10.0. The lowest BCUT2D eigenvalue weighted by Crippen LogP contribution is -2.52. The van der Waals surface area contributed by atoms with Gasteiger partial charge in [-0.3, -0.25) is 29.8 Å². The molecule has 1 saturated heterocycles. The summed E-state index contributed by atoms with van der Waals surface area (Å²) in [7, 11) is 2.86. The maximum Gasteiger partial charge on any atom is 0.258 e. The van der Waals surface area contributed by atoms with E-state index in [9.17, 15) is 19.2 Å². The van der Waals surface area contributed by atoms with E-state index in [-0.39, 0.29) is 48.9 Å². The number of benzene rings is 1. The minimum Gasteiger partial charge on any atom is -0.481 e. The molecule has 2 aliphatic heterocycles. The number of aromatic nitrogens is 2. The van der Waals surface area contributed by atoms with Gasteiger partial charge in [0.15, 0.2) is 0 Å². The number of nitrogens with zero attached hydrogens (tertiary/aromatic N) is 3. The topological polar surface area (TPSA) is 140 Å². The number of carbonyl (C=O) groups excluding carboxylic acids is 4. The number of hydrogen-bond donors (Lipinski definition) is 2. The SMILES string of the molecule is COc1cc(OC)nc(NC(=O)c2ccc3c(c2)CN(C2CCC(=O)NC2=O)C3=O)n1. The number of methoxy groups -OCH3 is 2. The van der Waals surface area contributed by atoms with Gasteiger partial charge in [0.25, 0.3) is 11.8 Å². The Morgan fingerprint density at radius 3 is 2.48 bits per heavy atom. The Hall–Kier alpha value is -4.02. The van der Waals surface area contributed by atoms with Gasteiger partial charge in [-0.2, -0.15) is 9.97 Å². The molecule has 0 saturated carbocycles. The van der Waals surface area contributed by atoms with Crippen molar-refractivity contribution in [3.05, 3.63) is 41.0 Å². The molecular weight excluding hydrogens is 406 g/mol. The zero-order valence-electron chi connectivity index (χ0n) is 16.8. The second-order valence-electron chi connectivity index (χ2n) is 7.00. The monoisotopic (exact) mass is 425 g/mol. The highest BCUT2D eigenvalue weighted by atomic mass is 16.5. The summed E-state index contributed by atoms with van der Waals surface area (Å²) in [5.41, 5.74) is 1.33. The molecule has 4 amide bonds. The zero-order valence-corrected chi connectivity index (χ0v) is 16.8. The molecule has 0 bridgehead atoms. The van der Waals surface area contributed by atoms with Gasteiger partial charge < -0.3 is 14.4 Å². The van der Waals surface area contributed by atoms with Crippen LogP contribution < -0.4 is 20.1 Å². The molecule has 11 heteroatoms. The first-order valence-corrected chi connectivity index (χ1v) is 9.45. The van der Waals surface area contributed by atoms with E-state index in [1.165, 1.54) is 31.3 Å². The molecule has 4 rings (SSSR count). The summed E-state index contributed by atoms with van der Waals surface area (Å²) >= 11 is 0. The van der Waals surface area contributed by atoms with Crippen LogP contribution in [-0.2, 0) is 16.1 Å². The number of rotatable bonds is 5. The normalized spacial score (nSPS) is 17.8. The second-order valence-corrected chi connectivity index (χ2v) is 7.00. The van der Waals surface area contributed by atoms with Gasteiger partial charge >= 0.3 is 0 Å². The van der Waals surface area contributed by atoms with E-state index in [0.29, 0.717) is 16.7 Å². The van der Waals surface area contributed by atoms with Crippen molar-refractivity contribution in [2.75, 3.05) is 19.5 Å². The summed E-state index contributed by atoms with van der Waals surface area (Å²) in [5.74, 6) is -1.17. The summed E-state index contributed by atoms with van der Waals surface area (Å²) in [6, 6.07) is 5.40. The first-order chi connectivity index (χ1) is 14.9. The fourth-order valence-corrected chi connectivity index (χ4v) is 3.56. The molecule has 1 aromatic heterocycles. The van der Waals surface area contributed by atoms with Crippen LogP contribution in [-0.4, -0.2) is 58.8 Å². The minimum atomic E-state index is -0.715. The summed E-state index contributed by atoms with van der Waals surface area (Å²) in [6.07, 6.45) is 0.445. The molecule has 3 heterocycles. The smallest absolute Gasteiger partial charge is 0.258 e. The number of piperidine rings is 1. The van der Waals surface area contributed by atoms with Crippen LogP contribution in [0.4, 0.5) is 5.95 Å². The summed E-state index contributed by atoms with van der Waals surface area (Å²) < 4.78 is 10.1. The number of hydrogen-bond acceptors (Lipinski definition) is 8. The highest BCUT2D eigenvalue weighted by Gasteiger charge is 2.39.